The molecule has 0 unspecified atom stereocenters. The van der Waals surface area contributed by atoms with E-state index in [1.54, 1.807) is 12.1 Å². The van der Waals surface area contributed by atoms with Crippen LogP contribution < -0.4 is 10.1 Å². The molecule has 1 N–H and O–H groups in total. The molecule has 0 atom stereocenters. The molecule has 0 aliphatic heterocycles. The van der Waals surface area contributed by atoms with Crippen LogP contribution in [0.1, 0.15) is 11.1 Å². The Balaban J connectivity index is 2.25. The third kappa shape index (κ3) is 3.02. The first kappa shape index (κ1) is 14.6. The van der Waals surface area contributed by atoms with Gasteiger partial charge in [-0.3, -0.25) is 0 Å². The normalized spacial score (nSPS) is 10.4. The largest absolute Gasteiger partial charge is 0.495 e. The molecule has 0 radical (unpaired) electrons. The van der Waals surface area contributed by atoms with Crippen LogP contribution in [0, 0.1) is 18.6 Å². The minimum absolute atomic E-state index is 0.0119. The molecular formula is C15H14ClF2NO. The van der Waals surface area contributed by atoms with Crippen molar-refractivity contribution in [3.63, 3.8) is 0 Å². The van der Waals surface area contributed by atoms with E-state index in [2.05, 4.69) is 5.32 Å². The van der Waals surface area contributed by atoms with E-state index in [-0.39, 0.29) is 12.1 Å². The van der Waals surface area contributed by atoms with Gasteiger partial charge in [0.2, 0.25) is 0 Å². The van der Waals surface area contributed by atoms with Crippen LogP contribution in [0.25, 0.3) is 0 Å². The molecule has 0 aliphatic rings. The second kappa shape index (κ2) is 6.09. The van der Waals surface area contributed by atoms with Crippen LogP contribution in [0.5, 0.6) is 5.75 Å². The summed E-state index contributed by atoms with van der Waals surface area (Å²) in [7, 11) is 1.51. The summed E-state index contributed by atoms with van der Waals surface area (Å²) in [4.78, 5) is 0. The third-order valence-corrected chi connectivity index (χ3v) is 3.41. The number of aryl methyl sites for hydroxylation is 1. The Hall–Kier alpha value is -1.81. The number of nitrogens with one attached hydrogen (secondary N) is 1. The summed E-state index contributed by atoms with van der Waals surface area (Å²) in [6.07, 6.45) is 0. The summed E-state index contributed by atoms with van der Waals surface area (Å²) < 4.78 is 32.3. The number of methoxy groups -OCH3 is 1. The van der Waals surface area contributed by atoms with Crippen molar-refractivity contribution < 1.29 is 13.5 Å². The van der Waals surface area contributed by atoms with Crippen LogP contribution in [-0.4, -0.2) is 7.11 Å². The number of anilines is 1. The highest BCUT2D eigenvalue weighted by atomic mass is 35.5. The number of hydrogen-bond donors (Lipinski definition) is 1. The van der Waals surface area contributed by atoms with Gasteiger partial charge >= 0.3 is 0 Å². The molecule has 20 heavy (non-hydrogen) atoms. The van der Waals surface area contributed by atoms with Crippen molar-refractivity contribution >= 4 is 17.3 Å². The summed E-state index contributed by atoms with van der Waals surface area (Å²) in [6, 6.07) is 7.23. The molecule has 2 rings (SSSR count). The second-order valence-corrected chi connectivity index (χ2v) is 4.76. The highest BCUT2D eigenvalue weighted by Crippen LogP contribution is 2.31. The third-order valence-electron chi connectivity index (χ3n) is 3.00. The van der Waals surface area contributed by atoms with Crippen molar-refractivity contribution in [3.05, 3.63) is 58.1 Å². The van der Waals surface area contributed by atoms with Crippen molar-refractivity contribution in [1.82, 2.24) is 0 Å². The van der Waals surface area contributed by atoms with Crippen LogP contribution >= 0.6 is 11.6 Å². The molecule has 2 aromatic rings. The molecule has 0 aromatic heterocycles. The lowest BCUT2D eigenvalue weighted by atomic mass is 10.1. The number of hydrogen-bond acceptors (Lipinski definition) is 2. The monoisotopic (exact) mass is 297 g/mol. The van der Waals surface area contributed by atoms with Gasteiger partial charge in [-0.05, 0) is 30.7 Å². The Bertz CT molecular complexity index is 611. The molecule has 0 fully saturated rings. The van der Waals surface area contributed by atoms with Gasteiger partial charge in [0.05, 0.1) is 12.8 Å². The highest BCUT2D eigenvalue weighted by Gasteiger charge is 2.11. The Morgan fingerprint density at radius 1 is 1.20 bits per heavy atom. The fourth-order valence-corrected chi connectivity index (χ4v) is 2.01. The van der Waals surface area contributed by atoms with E-state index in [0.29, 0.717) is 16.5 Å². The van der Waals surface area contributed by atoms with E-state index in [4.69, 9.17) is 16.3 Å². The fourth-order valence-electron chi connectivity index (χ4n) is 1.86. The van der Waals surface area contributed by atoms with Gasteiger partial charge in [-0.25, -0.2) is 8.78 Å². The number of ether oxygens (including phenoxy) is 1. The number of rotatable bonds is 4. The molecule has 106 valence electrons. The molecule has 0 heterocycles. The molecule has 2 nitrogen and oxygen atoms in total. The van der Waals surface area contributed by atoms with E-state index in [1.165, 1.54) is 25.3 Å². The van der Waals surface area contributed by atoms with Crippen molar-refractivity contribution in [2.24, 2.45) is 0 Å². The predicted molar refractivity (Wildman–Crippen MR) is 76.4 cm³/mol. The summed E-state index contributed by atoms with van der Waals surface area (Å²) in [5.41, 5.74) is 1.48. The van der Waals surface area contributed by atoms with Crippen LogP contribution in [0.15, 0.2) is 30.3 Å². The van der Waals surface area contributed by atoms with E-state index in [1.807, 2.05) is 6.92 Å². The quantitative estimate of drug-likeness (QED) is 0.894. The zero-order valence-corrected chi connectivity index (χ0v) is 11.9. The molecule has 0 saturated heterocycles. The molecule has 0 spiro atoms. The molecule has 2 aromatic carbocycles. The van der Waals surface area contributed by atoms with Gasteiger partial charge < -0.3 is 10.1 Å². The maximum atomic E-state index is 13.5. The van der Waals surface area contributed by atoms with Gasteiger partial charge in [0, 0.05) is 23.2 Å². The molecule has 0 aliphatic carbocycles. The standard InChI is InChI=1S/C15H14ClF2NO/c1-9-6-14(15(20-2)7-11(9)16)19-8-10-12(17)4-3-5-13(10)18/h3-7,19H,8H2,1-2H3. The van der Waals surface area contributed by atoms with E-state index >= 15 is 0 Å². The number of benzene rings is 2. The van der Waals surface area contributed by atoms with Crippen LogP contribution in [0.2, 0.25) is 5.02 Å². The first-order valence-electron chi connectivity index (χ1n) is 6.04. The van der Waals surface area contributed by atoms with Crippen LogP contribution in [0.3, 0.4) is 0 Å². The molecule has 0 amide bonds. The molecule has 5 heteroatoms. The summed E-state index contributed by atoms with van der Waals surface area (Å²) in [5.74, 6) is -0.637. The first-order valence-corrected chi connectivity index (χ1v) is 6.41. The van der Waals surface area contributed by atoms with Crippen LogP contribution in [-0.2, 0) is 6.54 Å². The highest BCUT2D eigenvalue weighted by molar-refractivity contribution is 6.31. The van der Waals surface area contributed by atoms with E-state index < -0.39 is 11.6 Å². The fraction of sp³-hybridized carbons (Fsp3) is 0.200. The van der Waals surface area contributed by atoms with E-state index in [9.17, 15) is 8.78 Å². The summed E-state index contributed by atoms with van der Waals surface area (Å²) in [5, 5.41) is 3.54. The average Bonchev–Trinajstić information content (AvgIpc) is 2.41. The van der Waals surface area contributed by atoms with Crippen molar-refractivity contribution in [2.75, 3.05) is 12.4 Å². The lowest BCUT2D eigenvalue weighted by Crippen LogP contribution is -2.06. The Morgan fingerprint density at radius 2 is 1.85 bits per heavy atom. The zero-order chi connectivity index (χ0) is 14.7. The summed E-state index contributed by atoms with van der Waals surface area (Å²) in [6.45, 7) is 1.87. The maximum absolute atomic E-state index is 13.5. The van der Waals surface area contributed by atoms with Gasteiger partial charge in [-0.15, -0.1) is 0 Å². The van der Waals surface area contributed by atoms with Crippen LogP contribution in [0.4, 0.5) is 14.5 Å². The van der Waals surface area contributed by atoms with Gasteiger partial charge in [-0.1, -0.05) is 17.7 Å². The number of halogens is 3. The molecule has 0 bridgehead atoms. The maximum Gasteiger partial charge on any atom is 0.143 e. The minimum atomic E-state index is -0.581. The van der Waals surface area contributed by atoms with Crippen molar-refractivity contribution in [3.8, 4) is 5.75 Å². The molecule has 0 saturated carbocycles. The second-order valence-electron chi connectivity index (χ2n) is 4.36. The first-order chi connectivity index (χ1) is 9.52. The van der Waals surface area contributed by atoms with Gasteiger partial charge in [-0.2, -0.15) is 0 Å². The lowest BCUT2D eigenvalue weighted by molar-refractivity contribution is 0.416. The van der Waals surface area contributed by atoms with Gasteiger partial charge in [0.15, 0.2) is 0 Å². The minimum Gasteiger partial charge on any atom is -0.495 e. The smallest absolute Gasteiger partial charge is 0.143 e. The SMILES string of the molecule is COc1cc(Cl)c(C)cc1NCc1c(F)cccc1F. The zero-order valence-electron chi connectivity index (χ0n) is 11.1. The van der Waals surface area contributed by atoms with Crippen molar-refractivity contribution in [1.29, 1.82) is 0 Å². The Morgan fingerprint density at radius 3 is 2.45 bits per heavy atom. The van der Waals surface area contributed by atoms with Gasteiger partial charge in [0.1, 0.15) is 17.4 Å². The average molecular weight is 298 g/mol. The van der Waals surface area contributed by atoms with Gasteiger partial charge in [0.25, 0.3) is 0 Å². The predicted octanol–water partition coefficient (Wildman–Crippen LogP) is 4.55. The van der Waals surface area contributed by atoms with E-state index in [0.717, 1.165) is 5.56 Å². The topological polar surface area (TPSA) is 21.3 Å². The molecular weight excluding hydrogens is 284 g/mol. The Kier molecular flexibility index (Phi) is 4.45. The summed E-state index contributed by atoms with van der Waals surface area (Å²) >= 11 is 6.00. The van der Waals surface area contributed by atoms with Crippen molar-refractivity contribution in [2.45, 2.75) is 13.5 Å². The lowest BCUT2D eigenvalue weighted by Gasteiger charge is -2.14. The Labute approximate surface area is 121 Å².